The summed E-state index contributed by atoms with van der Waals surface area (Å²) < 4.78 is 16.9. The molecule has 1 atom stereocenters. The minimum atomic E-state index is -0.320. The Hall–Kier alpha value is -1.39. The summed E-state index contributed by atoms with van der Waals surface area (Å²) in [4.78, 5) is 4.34. The van der Waals surface area contributed by atoms with E-state index in [1.807, 2.05) is 34.9 Å². The van der Waals surface area contributed by atoms with Gasteiger partial charge in [0.15, 0.2) is 5.82 Å². The standard InChI is InChI=1S/C16H13BrClFN2/c1-10(11-4-2-5-12(17)8-11)21-14-7-3-6-13(19)16(14)20-15(21)9-18/h2-8,10H,9H2,1H3. The molecule has 108 valence electrons. The van der Waals surface area contributed by atoms with Gasteiger partial charge in [-0.25, -0.2) is 9.37 Å². The highest BCUT2D eigenvalue weighted by Crippen LogP contribution is 2.29. The number of halogens is 3. The summed E-state index contributed by atoms with van der Waals surface area (Å²) >= 11 is 9.48. The number of hydrogen-bond acceptors (Lipinski definition) is 1. The predicted molar refractivity (Wildman–Crippen MR) is 87.2 cm³/mol. The summed E-state index contributed by atoms with van der Waals surface area (Å²) in [6.07, 6.45) is 0. The zero-order valence-electron chi connectivity index (χ0n) is 11.4. The third kappa shape index (κ3) is 2.58. The Bertz CT molecular complexity index is 800. The summed E-state index contributed by atoms with van der Waals surface area (Å²) in [6, 6.07) is 13.1. The Morgan fingerprint density at radius 2 is 2.05 bits per heavy atom. The molecule has 1 unspecified atom stereocenters. The van der Waals surface area contributed by atoms with Crippen LogP contribution in [0.2, 0.25) is 0 Å². The van der Waals surface area contributed by atoms with E-state index in [0.717, 1.165) is 15.6 Å². The molecule has 0 N–H and O–H groups in total. The van der Waals surface area contributed by atoms with Crippen molar-refractivity contribution in [1.29, 1.82) is 0 Å². The molecule has 0 saturated carbocycles. The van der Waals surface area contributed by atoms with Crippen molar-refractivity contribution in [3.8, 4) is 0 Å². The largest absolute Gasteiger partial charge is 0.320 e. The molecule has 0 amide bonds. The number of benzene rings is 2. The Balaban J connectivity index is 2.21. The molecule has 3 rings (SSSR count). The molecule has 0 radical (unpaired) electrons. The zero-order valence-corrected chi connectivity index (χ0v) is 13.7. The number of rotatable bonds is 3. The molecular weight excluding hydrogens is 355 g/mol. The minimum absolute atomic E-state index is 0.0167. The van der Waals surface area contributed by atoms with E-state index in [1.54, 1.807) is 6.07 Å². The number of para-hydroxylation sites is 1. The molecule has 0 aliphatic carbocycles. The molecule has 2 aromatic carbocycles. The van der Waals surface area contributed by atoms with Gasteiger partial charge in [0.05, 0.1) is 17.4 Å². The van der Waals surface area contributed by atoms with Gasteiger partial charge < -0.3 is 4.57 Å². The van der Waals surface area contributed by atoms with Gasteiger partial charge in [0, 0.05) is 4.47 Å². The summed E-state index contributed by atoms with van der Waals surface area (Å²) in [5, 5.41) is 0. The molecule has 1 aromatic heterocycles. The van der Waals surface area contributed by atoms with E-state index in [4.69, 9.17) is 11.6 Å². The summed E-state index contributed by atoms with van der Waals surface area (Å²) in [7, 11) is 0. The lowest BCUT2D eigenvalue weighted by molar-refractivity contribution is 0.633. The number of fused-ring (bicyclic) bond motifs is 1. The van der Waals surface area contributed by atoms with Crippen LogP contribution in [-0.4, -0.2) is 9.55 Å². The van der Waals surface area contributed by atoms with E-state index in [2.05, 4.69) is 27.8 Å². The first kappa shape index (κ1) is 14.5. The molecular formula is C16H13BrClFN2. The van der Waals surface area contributed by atoms with Crippen LogP contribution in [0.15, 0.2) is 46.9 Å². The topological polar surface area (TPSA) is 17.8 Å². The van der Waals surface area contributed by atoms with Gasteiger partial charge >= 0.3 is 0 Å². The van der Waals surface area contributed by atoms with E-state index < -0.39 is 0 Å². The Kier molecular flexibility index (Phi) is 4.00. The van der Waals surface area contributed by atoms with Crippen molar-refractivity contribution in [2.24, 2.45) is 0 Å². The van der Waals surface area contributed by atoms with Crippen LogP contribution in [0, 0.1) is 5.82 Å². The van der Waals surface area contributed by atoms with Crippen molar-refractivity contribution < 1.29 is 4.39 Å². The van der Waals surface area contributed by atoms with E-state index in [-0.39, 0.29) is 17.7 Å². The van der Waals surface area contributed by atoms with E-state index in [0.29, 0.717) is 11.3 Å². The molecule has 5 heteroatoms. The van der Waals surface area contributed by atoms with Crippen molar-refractivity contribution >= 4 is 38.6 Å². The van der Waals surface area contributed by atoms with Gasteiger partial charge in [0.25, 0.3) is 0 Å². The molecule has 3 aromatic rings. The highest BCUT2D eigenvalue weighted by molar-refractivity contribution is 9.10. The monoisotopic (exact) mass is 366 g/mol. The molecule has 21 heavy (non-hydrogen) atoms. The lowest BCUT2D eigenvalue weighted by Gasteiger charge is -2.17. The maximum absolute atomic E-state index is 13.9. The molecule has 0 spiro atoms. The third-order valence-electron chi connectivity index (χ3n) is 3.58. The number of aromatic nitrogens is 2. The lowest BCUT2D eigenvalue weighted by atomic mass is 10.1. The quantitative estimate of drug-likeness (QED) is 0.575. The van der Waals surface area contributed by atoms with Crippen molar-refractivity contribution in [1.82, 2.24) is 9.55 Å². The smallest absolute Gasteiger partial charge is 0.151 e. The highest BCUT2D eigenvalue weighted by Gasteiger charge is 2.18. The Labute approximate surface area is 135 Å². The van der Waals surface area contributed by atoms with Gasteiger partial charge in [-0.15, -0.1) is 11.6 Å². The third-order valence-corrected chi connectivity index (χ3v) is 4.31. The molecule has 0 aliphatic heterocycles. The van der Waals surface area contributed by atoms with Crippen molar-refractivity contribution in [2.45, 2.75) is 18.8 Å². The number of alkyl halides is 1. The average Bonchev–Trinajstić information content (AvgIpc) is 2.86. The first-order valence-electron chi connectivity index (χ1n) is 6.58. The summed E-state index contributed by atoms with van der Waals surface area (Å²) in [5.74, 6) is 0.593. The zero-order chi connectivity index (χ0) is 15.0. The second-order valence-electron chi connectivity index (χ2n) is 4.87. The normalized spacial score (nSPS) is 12.8. The van der Waals surface area contributed by atoms with Gasteiger partial charge in [-0.3, -0.25) is 0 Å². The number of imidazole rings is 1. The van der Waals surface area contributed by atoms with Gasteiger partial charge in [0.1, 0.15) is 11.3 Å². The van der Waals surface area contributed by atoms with Crippen molar-refractivity contribution in [2.75, 3.05) is 0 Å². The van der Waals surface area contributed by atoms with Crippen LogP contribution in [0.25, 0.3) is 11.0 Å². The van der Waals surface area contributed by atoms with Crippen molar-refractivity contribution in [3.63, 3.8) is 0 Å². The van der Waals surface area contributed by atoms with Crippen LogP contribution in [0.1, 0.15) is 24.4 Å². The first-order chi connectivity index (χ1) is 10.1. The SMILES string of the molecule is CC(c1cccc(Br)c1)n1c(CCl)nc2c(F)cccc21. The summed E-state index contributed by atoms with van der Waals surface area (Å²) in [5.41, 5.74) is 2.24. The van der Waals surface area contributed by atoms with Gasteiger partial charge in [0.2, 0.25) is 0 Å². The molecule has 1 heterocycles. The van der Waals surface area contributed by atoms with Gasteiger partial charge in [-0.05, 0) is 36.8 Å². The fourth-order valence-electron chi connectivity index (χ4n) is 2.57. The van der Waals surface area contributed by atoms with Crippen LogP contribution in [0.3, 0.4) is 0 Å². The van der Waals surface area contributed by atoms with E-state index in [9.17, 15) is 4.39 Å². The fourth-order valence-corrected chi connectivity index (χ4v) is 3.18. The molecule has 0 bridgehead atoms. The molecule has 2 nitrogen and oxygen atoms in total. The molecule has 0 aliphatic rings. The maximum Gasteiger partial charge on any atom is 0.151 e. The highest BCUT2D eigenvalue weighted by atomic mass is 79.9. The van der Waals surface area contributed by atoms with Crippen LogP contribution in [-0.2, 0) is 5.88 Å². The van der Waals surface area contributed by atoms with E-state index in [1.165, 1.54) is 6.07 Å². The fraction of sp³-hybridized carbons (Fsp3) is 0.188. The van der Waals surface area contributed by atoms with Gasteiger partial charge in [-0.2, -0.15) is 0 Å². The van der Waals surface area contributed by atoms with E-state index >= 15 is 0 Å². The number of hydrogen-bond donors (Lipinski definition) is 0. The lowest BCUT2D eigenvalue weighted by Crippen LogP contribution is -2.09. The van der Waals surface area contributed by atoms with Crippen LogP contribution >= 0.6 is 27.5 Å². The van der Waals surface area contributed by atoms with Crippen molar-refractivity contribution in [3.05, 3.63) is 64.1 Å². The average molecular weight is 368 g/mol. The predicted octanol–water partition coefficient (Wildman–Crippen LogP) is 5.29. The van der Waals surface area contributed by atoms with Gasteiger partial charge in [-0.1, -0.05) is 34.1 Å². The second-order valence-corrected chi connectivity index (χ2v) is 6.05. The molecule has 0 saturated heterocycles. The second kappa shape index (κ2) is 5.78. The summed E-state index contributed by atoms with van der Waals surface area (Å²) in [6.45, 7) is 2.06. The maximum atomic E-state index is 13.9. The van der Waals surface area contributed by atoms with Crippen LogP contribution < -0.4 is 0 Å². The number of nitrogens with zero attached hydrogens (tertiary/aromatic N) is 2. The Morgan fingerprint density at radius 3 is 2.76 bits per heavy atom. The van der Waals surface area contributed by atoms with Crippen LogP contribution in [0.4, 0.5) is 4.39 Å². The molecule has 0 fully saturated rings. The minimum Gasteiger partial charge on any atom is -0.320 e. The van der Waals surface area contributed by atoms with Crippen LogP contribution in [0.5, 0.6) is 0 Å². The first-order valence-corrected chi connectivity index (χ1v) is 7.91. The Morgan fingerprint density at radius 1 is 1.29 bits per heavy atom.